The summed E-state index contributed by atoms with van der Waals surface area (Å²) in [4.78, 5) is 12.4. The van der Waals surface area contributed by atoms with E-state index in [9.17, 15) is 20.1 Å². The summed E-state index contributed by atoms with van der Waals surface area (Å²) in [6, 6.07) is 0. The molecule has 12 atom stereocenters. The Balaban J connectivity index is 1.39. The van der Waals surface area contributed by atoms with Crippen LogP contribution in [0.3, 0.4) is 0 Å². The van der Waals surface area contributed by atoms with Crippen LogP contribution >= 0.6 is 0 Å². The zero-order chi connectivity index (χ0) is 24.8. The molecule has 190 valence electrons. The Hall–Kier alpha value is -1.01. The van der Waals surface area contributed by atoms with Gasteiger partial charge in [-0.2, -0.15) is 0 Å². The van der Waals surface area contributed by atoms with Crippen molar-refractivity contribution < 1.29 is 24.9 Å². The molecule has 5 rings (SSSR count). The van der Waals surface area contributed by atoms with Crippen molar-refractivity contribution in [3.05, 3.63) is 24.3 Å². The molecule has 34 heavy (non-hydrogen) atoms. The number of fused-ring (bicyclic) bond motifs is 2. The van der Waals surface area contributed by atoms with Gasteiger partial charge in [-0.15, -0.1) is 0 Å². The smallest absolute Gasteiger partial charge is 0.185 e. The monoisotopic (exact) mass is 472 g/mol. The molecule has 0 aromatic heterocycles. The number of hydrogen-bond acceptors (Lipinski definition) is 5. The summed E-state index contributed by atoms with van der Waals surface area (Å²) in [6.45, 7) is 14.8. The first-order valence-electron chi connectivity index (χ1n) is 13.4. The number of rotatable bonds is 6. The number of carbonyl (C=O) groups excluding carboxylic acids is 1. The van der Waals surface area contributed by atoms with Crippen LogP contribution in [0.25, 0.3) is 0 Å². The van der Waals surface area contributed by atoms with E-state index in [1.54, 1.807) is 6.92 Å². The largest absolute Gasteiger partial charge is 0.396 e. The Bertz CT molecular complexity index is 912. The lowest BCUT2D eigenvalue weighted by molar-refractivity contribution is -0.189. The molecule has 3 unspecified atom stereocenters. The van der Waals surface area contributed by atoms with Gasteiger partial charge >= 0.3 is 0 Å². The van der Waals surface area contributed by atoms with Crippen molar-refractivity contribution in [3.8, 4) is 0 Å². The van der Waals surface area contributed by atoms with E-state index in [1.165, 1.54) is 19.3 Å². The highest BCUT2D eigenvalue weighted by atomic mass is 16.6. The standard InChI is InChI=1S/C29H44O5/c1-16(14-30)17(2)24(32)25(33)34-22-13-27(6)23-8-7-20-18(3)21(31)9-10-28(20)15-29(23,28)12-11-26(27,5)19(22)4/h9-10,16,18-20,22-25,30,32-33H,2,7-8,11-15H2,1,3-6H3/t16-,18-,19?,20-,22-,23-,24?,25?,26+,27-,28+,29-/m0/s1. The number of ether oxygens (including phenoxy) is 1. The Morgan fingerprint density at radius 1 is 1.21 bits per heavy atom. The van der Waals surface area contributed by atoms with E-state index in [0.717, 1.165) is 19.3 Å². The van der Waals surface area contributed by atoms with Gasteiger partial charge in [-0.05, 0) is 89.6 Å². The van der Waals surface area contributed by atoms with E-state index < -0.39 is 12.4 Å². The molecule has 5 heteroatoms. The van der Waals surface area contributed by atoms with Crippen LogP contribution in [-0.4, -0.2) is 46.2 Å². The molecule has 0 aromatic carbocycles. The lowest BCUT2D eigenvalue weighted by Gasteiger charge is -2.60. The second kappa shape index (κ2) is 7.74. The molecule has 2 spiro atoms. The highest BCUT2D eigenvalue weighted by molar-refractivity contribution is 5.93. The third kappa shape index (κ3) is 2.90. The number of hydrogen-bond donors (Lipinski definition) is 3. The number of aliphatic hydroxyl groups excluding tert-OH is 3. The van der Waals surface area contributed by atoms with Gasteiger partial charge in [0.2, 0.25) is 0 Å². The van der Waals surface area contributed by atoms with Crippen molar-refractivity contribution in [2.45, 2.75) is 91.6 Å². The van der Waals surface area contributed by atoms with Crippen LogP contribution in [0.1, 0.15) is 73.1 Å². The molecule has 0 saturated heterocycles. The molecule has 0 aromatic rings. The topological polar surface area (TPSA) is 87.0 Å². The van der Waals surface area contributed by atoms with Gasteiger partial charge in [-0.3, -0.25) is 4.79 Å². The zero-order valence-corrected chi connectivity index (χ0v) is 21.6. The summed E-state index contributed by atoms with van der Waals surface area (Å²) < 4.78 is 6.19. The van der Waals surface area contributed by atoms with E-state index in [1.807, 2.05) is 6.08 Å². The quantitative estimate of drug-likeness (QED) is 0.397. The van der Waals surface area contributed by atoms with Crippen molar-refractivity contribution in [1.82, 2.24) is 0 Å². The molecule has 3 N–H and O–H groups in total. The van der Waals surface area contributed by atoms with Gasteiger partial charge in [-0.1, -0.05) is 47.3 Å². The summed E-state index contributed by atoms with van der Waals surface area (Å²) in [5.41, 5.74) is 1.09. The Morgan fingerprint density at radius 2 is 1.91 bits per heavy atom. The fraction of sp³-hybridized carbons (Fsp3) is 0.828. The molecular formula is C29H44O5. The van der Waals surface area contributed by atoms with Crippen molar-refractivity contribution in [2.24, 2.45) is 51.2 Å². The van der Waals surface area contributed by atoms with E-state index in [0.29, 0.717) is 28.6 Å². The van der Waals surface area contributed by atoms with Gasteiger partial charge in [0.25, 0.3) is 0 Å². The van der Waals surface area contributed by atoms with Crippen LogP contribution < -0.4 is 0 Å². The fourth-order valence-corrected chi connectivity index (χ4v) is 9.66. The molecule has 0 radical (unpaired) electrons. The maximum atomic E-state index is 12.4. The lowest BCUT2D eigenvalue weighted by atomic mass is 9.44. The molecule has 0 aliphatic heterocycles. The summed E-state index contributed by atoms with van der Waals surface area (Å²) >= 11 is 0. The van der Waals surface area contributed by atoms with E-state index >= 15 is 0 Å². The minimum atomic E-state index is -1.34. The first-order chi connectivity index (χ1) is 15.9. The van der Waals surface area contributed by atoms with Gasteiger partial charge in [-0.25, -0.2) is 0 Å². The van der Waals surface area contributed by atoms with Crippen LogP contribution in [-0.2, 0) is 9.53 Å². The van der Waals surface area contributed by atoms with Gasteiger partial charge < -0.3 is 20.1 Å². The molecule has 0 bridgehead atoms. The van der Waals surface area contributed by atoms with Gasteiger partial charge in [0.1, 0.15) is 6.10 Å². The van der Waals surface area contributed by atoms with Gasteiger partial charge in [0.15, 0.2) is 12.1 Å². The molecule has 0 heterocycles. The van der Waals surface area contributed by atoms with Crippen molar-refractivity contribution in [2.75, 3.05) is 6.61 Å². The van der Waals surface area contributed by atoms with E-state index in [2.05, 4.69) is 40.3 Å². The Labute approximate surface area is 204 Å². The highest BCUT2D eigenvalue weighted by Gasteiger charge is 2.81. The van der Waals surface area contributed by atoms with Crippen LogP contribution in [0.5, 0.6) is 0 Å². The SMILES string of the molecule is C=C(C(O)C(O)O[C@H]1C[C@@]2(C)[C@@H]3CC[C@H]4[C@H](C)C(=O)C=C[C@@]45C[C@@]35CC[C@]2(C)C1C)[C@@H](C)CO. The maximum absolute atomic E-state index is 12.4. The molecule has 5 nitrogen and oxygen atoms in total. The first kappa shape index (κ1) is 24.7. The summed E-state index contributed by atoms with van der Waals surface area (Å²) in [6.07, 6.45) is 8.22. The molecule has 4 fully saturated rings. The summed E-state index contributed by atoms with van der Waals surface area (Å²) in [7, 11) is 0. The maximum Gasteiger partial charge on any atom is 0.185 e. The highest BCUT2D eigenvalue weighted by Crippen LogP contribution is 2.87. The fourth-order valence-electron chi connectivity index (χ4n) is 9.66. The van der Waals surface area contributed by atoms with Gasteiger partial charge in [0.05, 0.1) is 6.10 Å². The minimum Gasteiger partial charge on any atom is -0.396 e. The minimum absolute atomic E-state index is 0.0857. The van der Waals surface area contributed by atoms with Crippen molar-refractivity contribution in [1.29, 1.82) is 0 Å². The van der Waals surface area contributed by atoms with E-state index in [4.69, 9.17) is 4.74 Å². The van der Waals surface area contributed by atoms with E-state index in [-0.39, 0.29) is 46.7 Å². The molecule has 5 aliphatic carbocycles. The van der Waals surface area contributed by atoms with Crippen molar-refractivity contribution >= 4 is 5.78 Å². The number of carbonyl (C=O) groups is 1. The Morgan fingerprint density at radius 3 is 2.59 bits per heavy atom. The van der Waals surface area contributed by atoms with Crippen LogP contribution in [0.15, 0.2) is 24.3 Å². The zero-order valence-electron chi connectivity index (χ0n) is 21.6. The molecule has 4 saturated carbocycles. The average molecular weight is 473 g/mol. The van der Waals surface area contributed by atoms with Gasteiger partial charge in [0, 0.05) is 18.4 Å². The molecule has 0 amide bonds. The third-order valence-electron chi connectivity index (χ3n) is 12.3. The molecule has 5 aliphatic rings. The summed E-state index contributed by atoms with van der Waals surface area (Å²) in [5, 5.41) is 30.8. The van der Waals surface area contributed by atoms with Crippen LogP contribution in [0.2, 0.25) is 0 Å². The second-order valence-corrected chi connectivity index (χ2v) is 13.1. The Kier molecular flexibility index (Phi) is 5.62. The van der Waals surface area contributed by atoms with Crippen LogP contribution in [0, 0.1) is 51.2 Å². The number of aliphatic hydroxyl groups is 3. The van der Waals surface area contributed by atoms with Crippen LogP contribution in [0.4, 0.5) is 0 Å². The number of ketones is 1. The summed E-state index contributed by atoms with van der Waals surface area (Å²) in [5.74, 6) is 1.46. The second-order valence-electron chi connectivity index (χ2n) is 13.1. The number of allylic oxidation sites excluding steroid dienone is 2. The average Bonchev–Trinajstić information content (AvgIpc) is 3.44. The normalized spacial score (nSPS) is 51.5. The predicted molar refractivity (Wildman–Crippen MR) is 131 cm³/mol. The molecular weight excluding hydrogens is 428 g/mol. The lowest BCUT2D eigenvalue weighted by Crippen LogP contribution is -2.54. The first-order valence-corrected chi connectivity index (χ1v) is 13.4. The van der Waals surface area contributed by atoms with Crippen molar-refractivity contribution in [3.63, 3.8) is 0 Å². The third-order valence-corrected chi connectivity index (χ3v) is 12.3. The predicted octanol–water partition coefficient (Wildman–Crippen LogP) is 4.26.